The van der Waals surface area contributed by atoms with Crippen LogP contribution in [0, 0.1) is 0 Å². The molecule has 78 valence electrons. The molecule has 0 unspecified atom stereocenters. The molecule has 1 N–H and O–H groups in total. The molecule has 0 spiro atoms. The average Bonchev–Trinajstić information content (AvgIpc) is 2.31. The van der Waals surface area contributed by atoms with Gasteiger partial charge in [-0.15, -0.1) is 0 Å². The van der Waals surface area contributed by atoms with E-state index in [-0.39, 0.29) is 5.91 Å². The summed E-state index contributed by atoms with van der Waals surface area (Å²) in [5, 5.41) is 2.84. The maximum absolute atomic E-state index is 11.8. The minimum atomic E-state index is -0.0776. The minimum absolute atomic E-state index is 0.0776. The van der Waals surface area contributed by atoms with Gasteiger partial charge in [-0.2, -0.15) is 0 Å². The van der Waals surface area contributed by atoms with Crippen LogP contribution in [-0.4, -0.2) is 13.8 Å². The Morgan fingerprint density at radius 1 is 0.938 bits per heavy atom. The maximum atomic E-state index is 11.8. The number of carbonyl (C=O) groups is 1. The Kier molecular flexibility index (Phi) is 3.06. The standard InChI is InChI=1S/C13H12BNO/c14-11-8-6-10(7-9-11)13(16)15-12-4-2-1-3-5-12/h1-9H,14H2,(H,15,16). The highest BCUT2D eigenvalue weighted by Crippen LogP contribution is 2.07. The molecule has 0 heterocycles. The second-order valence-corrected chi connectivity index (χ2v) is 3.69. The van der Waals surface area contributed by atoms with E-state index in [9.17, 15) is 4.79 Å². The molecule has 0 saturated heterocycles. The third kappa shape index (κ3) is 2.51. The Bertz CT molecular complexity index is 479. The number of rotatable bonds is 2. The van der Waals surface area contributed by atoms with E-state index in [1.54, 1.807) is 0 Å². The van der Waals surface area contributed by atoms with Gasteiger partial charge < -0.3 is 5.32 Å². The van der Waals surface area contributed by atoms with Crippen molar-refractivity contribution in [3.63, 3.8) is 0 Å². The Morgan fingerprint density at radius 3 is 2.19 bits per heavy atom. The molecule has 2 aromatic rings. The molecule has 0 radical (unpaired) electrons. The van der Waals surface area contributed by atoms with Crippen LogP contribution in [0.1, 0.15) is 10.4 Å². The van der Waals surface area contributed by atoms with Crippen molar-refractivity contribution in [2.45, 2.75) is 0 Å². The molecular formula is C13H12BNO. The molecule has 0 aliphatic heterocycles. The highest BCUT2D eigenvalue weighted by molar-refractivity contribution is 6.32. The molecule has 0 aromatic heterocycles. The molecule has 2 rings (SSSR count). The molecule has 3 heteroatoms. The van der Waals surface area contributed by atoms with Crippen LogP contribution in [0.3, 0.4) is 0 Å². The first-order valence-electron chi connectivity index (χ1n) is 5.19. The van der Waals surface area contributed by atoms with E-state index < -0.39 is 0 Å². The summed E-state index contributed by atoms with van der Waals surface area (Å²) in [5.74, 6) is -0.0776. The predicted molar refractivity (Wildman–Crippen MR) is 69.0 cm³/mol. The molecule has 0 atom stereocenters. The van der Waals surface area contributed by atoms with Crippen molar-refractivity contribution < 1.29 is 4.79 Å². The van der Waals surface area contributed by atoms with E-state index in [1.165, 1.54) is 0 Å². The Labute approximate surface area is 95.7 Å². The zero-order chi connectivity index (χ0) is 11.4. The lowest BCUT2D eigenvalue weighted by Crippen LogP contribution is -2.13. The fourth-order valence-corrected chi connectivity index (χ4v) is 1.43. The number of nitrogens with one attached hydrogen (secondary N) is 1. The molecule has 0 bridgehead atoms. The number of carbonyl (C=O) groups excluding carboxylic acids is 1. The van der Waals surface area contributed by atoms with Gasteiger partial charge in [-0.25, -0.2) is 0 Å². The average molecular weight is 209 g/mol. The molecule has 2 aromatic carbocycles. The van der Waals surface area contributed by atoms with Gasteiger partial charge in [-0.1, -0.05) is 47.9 Å². The normalized spacial score (nSPS) is 9.75. The summed E-state index contributed by atoms with van der Waals surface area (Å²) < 4.78 is 0. The van der Waals surface area contributed by atoms with Crippen molar-refractivity contribution in [3.05, 3.63) is 60.2 Å². The number of hydrogen-bond donors (Lipinski definition) is 1. The zero-order valence-corrected chi connectivity index (χ0v) is 9.10. The lowest BCUT2D eigenvalue weighted by molar-refractivity contribution is 0.102. The molecule has 0 aliphatic rings. The molecular weight excluding hydrogens is 197 g/mol. The highest BCUT2D eigenvalue weighted by atomic mass is 16.1. The first kappa shape index (κ1) is 10.5. The predicted octanol–water partition coefficient (Wildman–Crippen LogP) is 1.20. The Morgan fingerprint density at radius 2 is 1.56 bits per heavy atom. The van der Waals surface area contributed by atoms with Crippen molar-refractivity contribution in [2.24, 2.45) is 0 Å². The van der Waals surface area contributed by atoms with Crippen molar-refractivity contribution in [1.29, 1.82) is 0 Å². The summed E-state index contributed by atoms with van der Waals surface area (Å²) in [5.41, 5.74) is 2.64. The lowest BCUT2D eigenvalue weighted by Gasteiger charge is -2.04. The molecule has 0 aliphatic carbocycles. The number of anilines is 1. The lowest BCUT2D eigenvalue weighted by atomic mass is 9.95. The molecule has 1 amide bonds. The van der Waals surface area contributed by atoms with Gasteiger partial charge >= 0.3 is 0 Å². The van der Waals surface area contributed by atoms with E-state index in [2.05, 4.69) is 5.32 Å². The molecule has 16 heavy (non-hydrogen) atoms. The van der Waals surface area contributed by atoms with E-state index in [4.69, 9.17) is 0 Å². The molecule has 0 fully saturated rings. The molecule has 2 nitrogen and oxygen atoms in total. The zero-order valence-electron chi connectivity index (χ0n) is 9.10. The van der Waals surface area contributed by atoms with Crippen LogP contribution < -0.4 is 10.8 Å². The number of amides is 1. The first-order chi connectivity index (χ1) is 7.75. The van der Waals surface area contributed by atoms with Crippen LogP contribution in [0.5, 0.6) is 0 Å². The van der Waals surface area contributed by atoms with Gasteiger partial charge in [0.25, 0.3) is 5.91 Å². The van der Waals surface area contributed by atoms with E-state index >= 15 is 0 Å². The van der Waals surface area contributed by atoms with Gasteiger partial charge in [0.15, 0.2) is 0 Å². The third-order valence-corrected chi connectivity index (χ3v) is 2.35. The SMILES string of the molecule is Bc1ccc(C(=O)Nc2ccccc2)cc1. The summed E-state index contributed by atoms with van der Waals surface area (Å²) >= 11 is 0. The van der Waals surface area contributed by atoms with Gasteiger partial charge in [-0.3, -0.25) is 4.79 Å². The van der Waals surface area contributed by atoms with Crippen LogP contribution in [0.4, 0.5) is 5.69 Å². The van der Waals surface area contributed by atoms with Gasteiger partial charge in [-0.05, 0) is 12.1 Å². The summed E-state index contributed by atoms with van der Waals surface area (Å²) in [6.45, 7) is 0. The van der Waals surface area contributed by atoms with Gasteiger partial charge in [0, 0.05) is 11.3 Å². The molecule has 0 saturated carbocycles. The summed E-state index contributed by atoms with van der Waals surface area (Å²) in [7, 11) is 2.00. The second kappa shape index (κ2) is 4.66. The first-order valence-corrected chi connectivity index (χ1v) is 5.19. The van der Waals surface area contributed by atoms with E-state index in [0.717, 1.165) is 11.2 Å². The summed E-state index contributed by atoms with van der Waals surface area (Å²) in [6.07, 6.45) is 0. The van der Waals surface area contributed by atoms with Gasteiger partial charge in [0.1, 0.15) is 7.85 Å². The smallest absolute Gasteiger partial charge is 0.255 e. The highest BCUT2D eigenvalue weighted by Gasteiger charge is 2.04. The maximum Gasteiger partial charge on any atom is 0.255 e. The monoisotopic (exact) mass is 209 g/mol. The fraction of sp³-hybridized carbons (Fsp3) is 0. The largest absolute Gasteiger partial charge is 0.322 e. The van der Waals surface area contributed by atoms with Crippen LogP contribution in [-0.2, 0) is 0 Å². The summed E-state index contributed by atoms with van der Waals surface area (Å²) in [6, 6.07) is 17.0. The quantitative estimate of drug-likeness (QED) is 0.739. The Balaban J connectivity index is 2.12. The van der Waals surface area contributed by atoms with Crippen molar-refractivity contribution >= 4 is 24.9 Å². The van der Waals surface area contributed by atoms with Gasteiger partial charge in [0.05, 0.1) is 0 Å². The van der Waals surface area contributed by atoms with Crippen LogP contribution >= 0.6 is 0 Å². The van der Waals surface area contributed by atoms with Crippen molar-refractivity contribution in [3.8, 4) is 0 Å². The van der Waals surface area contributed by atoms with Crippen LogP contribution in [0.2, 0.25) is 0 Å². The minimum Gasteiger partial charge on any atom is -0.322 e. The van der Waals surface area contributed by atoms with Crippen LogP contribution in [0.25, 0.3) is 0 Å². The topological polar surface area (TPSA) is 29.1 Å². The second-order valence-electron chi connectivity index (χ2n) is 3.69. The van der Waals surface area contributed by atoms with E-state index in [0.29, 0.717) is 5.56 Å². The van der Waals surface area contributed by atoms with Crippen LogP contribution in [0.15, 0.2) is 54.6 Å². The van der Waals surface area contributed by atoms with E-state index in [1.807, 2.05) is 62.4 Å². The number of para-hydroxylation sites is 1. The third-order valence-electron chi connectivity index (χ3n) is 2.35. The number of hydrogen-bond acceptors (Lipinski definition) is 1. The van der Waals surface area contributed by atoms with Crippen molar-refractivity contribution in [1.82, 2.24) is 0 Å². The number of benzene rings is 2. The Hall–Kier alpha value is -2.03. The summed E-state index contributed by atoms with van der Waals surface area (Å²) in [4.78, 5) is 11.8. The fourth-order valence-electron chi connectivity index (χ4n) is 1.43. The van der Waals surface area contributed by atoms with Gasteiger partial charge in [0.2, 0.25) is 0 Å². The van der Waals surface area contributed by atoms with Crippen molar-refractivity contribution in [2.75, 3.05) is 5.32 Å².